The van der Waals surface area contributed by atoms with Gasteiger partial charge in [0.1, 0.15) is 0 Å². The number of anilines is 1. The van der Waals surface area contributed by atoms with Crippen molar-refractivity contribution in [3.05, 3.63) is 66.2 Å². The maximum atomic E-state index is 13.9. The summed E-state index contributed by atoms with van der Waals surface area (Å²) in [5.41, 5.74) is -1.51. The number of nitrogens with zero attached hydrogens (tertiary/aromatic N) is 1. The molecule has 24 heavy (non-hydrogen) atoms. The first kappa shape index (κ1) is 17.9. The van der Waals surface area contributed by atoms with Crippen molar-refractivity contribution in [2.45, 2.75) is 32.0 Å². The van der Waals surface area contributed by atoms with Crippen molar-refractivity contribution < 1.29 is 13.2 Å². The minimum atomic E-state index is -4.65. The SMILES string of the molecule is CCCC(C#N)(C(Nc1ccccc1)c1ccccc1)C(F)(F)F. The van der Waals surface area contributed by atoms with Crippen LogP contribution >= 0.6 is 0 Å². The van der Waals surface area contributed by atoms with Crippen molar-refractivity contribution in [1.29, 1.82) is 5.26 Å². The summed E-state index contributed by atoms with van der Waals surface area (Å²) in [6.45, 7) is 1.66. The topological polar surface area (TPSA) is 35.8 Å². The molecule has 0 saturated heterocycles. The molecule has 2 aromatic rings. The van der Waals surface area contributed by atoms with Gasteiger partial charge < -0.3 is 5.32 Å². The van der Waals surface area contributed by atoms with Crippen LogP contribution in [-0.2, 0) is 0 Å². The Hall–Kier alpha value is -2.48. The zero-order valence-electron chi connectivity index (χ0n) is 13.3. The van der Waals surface area contributed by atoms with Crippen LogP contribution in [0.4, 0.5) is 18.9 Å². The van der Waals surface area contributed by atoms with Crippen molar-refractivity contribution in [2.24, 2.45) is 5.41 Å². The van der Waals surface area contributed by atoms with Crippen LogP contribution in [0.5, 0.6) is 0 Å². The van der Waals surface area contributed by atoms with E-state index >= 15 is 0 Å². The summed E-state index contributed by atoms with van der Waals surface area (Å²) in [6, 6.07) is 17.4. The van der Waals surface area contributed by atoms with E-state index in [0.29, 0.717) is 11.3 Å². The second-order valence-electron chi connectivity index (χ2n) is 5.68. The van der Waals surface area contributed by atoms with Crippen LogP contribution in [0.2, 0.25) is 0 Å². The molecular formula is C19H19F3N2. The lowest BCUT2D eigenvalue weighted by Gasteiger charge is -2.37. The highest BCUT2D eigenvalue weighted by Crippen LogP contribution is 2.51. The summed E-state index contributed by atoms with van der Waals surface area (Å²) >= 11 is 0. The van der Waals surface area contributed by atoms with Gasteiger partial charge in [-0.05, 0) is 24.1 Å². The van der Waals surface area contributed by atoms with Gasteiger partial charge in [-0.3, -0.25) is 0 Å². The lowest BCUT2D eigenvalue weighted by atomic mass is 9.74. The number of hydrogen-bond acceptors (Lipinski definition) is 2. The molecule has 0 amide bonds. The van der Waals surface area contributed by atoms with Gasteiger partial charge in [0.05, 0.1) is 12.1 Å². The van der Waals surface area contributed by atoms with Crippen LogP contribution in [0.25, 0.3) is 0 Å². The van der Waals surface area contributed by atoms with E-state index in [9.17, 15) is 18.4 Å². The molecule has 0 spiro atoms. The standard InChI is InChI=1S/C19H19F3N2/c1-2-13-18(14-23,19(20,21)22)17(15-9-5-3-6-10-15)24-16-11-7-4-8-12-16/h3-12,17,24H,2,13H2,1H3. The molecule has 2 unspecified atom stereocenters. The Morgan fingerprint density at radius 1 is 1.00 bits per heavy atom. The highest BCUT2D eigenvalue weighted by atomic mass is 19.4. The zero-order chi connectivity index (χ0) is 17.6. The number of nitriles is 1. The fourth-order valence-corrected chi connectivity index (χ4v) is 2.87. The maximum absolute atomic E-state index is 13.9. The monoisotopic (exact) mass is 332 g/mol. The van der Waals surface area contributed by atoms with Crippen LogP contribution in [0, 0.1) is 16.7 Å². The number of para-hydroxylation sites is 1. The summed E-state index contributed by atoms with van der Waals surface area (Å²) in [5, 5.41) is 12.5. The second kappa shape index (κ2) is 7.39. The van der Waals surface area contributed by atoms with Gasteiger partial charge >= 0.3 is 6.18 Å². The Bertz CT molecular complexity index is 677. The lowest BCUT2D eigenvalue weighted by Crippen LogP contribution is -2.45. The predicted molar refractivity (Wildman–Crippen MR) is 88.3 cm³/mol. The number of hydrogen-bond donors (Lipinski definition) is 1. The Labute approximate surface area is 139 Å². The summed E-state index contributed by atoms with van der Waals surface area (Å²) in [5.74, 6) is 0. The van der Waals surface area contributed by atoms with E-state index in [0.717, 1.165) is 0 Å². The summed E-state index contributed by atoms with van der Waals surface area (Å²) in [4.78, 5) is 0. The first-order chi connectivity index (χ1) is 11.4. The predicted octanol–water partition coefficient (Wildman–Crippen LogP) is 5.71. The molecule has 0 aliphatic heterocycles. The number of halogens is 3. The fourth-order valence-electron chi connectivity index (χ4n) is 2.87. The van der Waals surface area contributed by atoms with E-state index in [4.69, 9.17) is 0 Å². The van der Waals surface area contributed by atoms with E-state index in [-0.39, 0.29) is 12.8 Å². The molecular weight excluding hydrogens is 313 g/mol. The van der Waals surface area contributed by atoms with Crippen molar-refractivity contribution in [2.75, 3.05) is 5.32 Å². The van der Waals surface area contributed by atoms with Crippen LogP contribution < -0.4 is 5.32 Å². The van der Waals surface area contributed by atoms with Crippen molar-refractivity contribution >= 4 is 5.69 Å². The Balaban J connectivity index is 2.57. The van der Waals surface area contributed by atoms with Crippen molar-refractivity contribution in [3.8, 4) is 6.07 Å². The van der Waals surface area contributed by atoms with Gasteiger partial charge in [0.15, 0.2) is 5.41 Å². The third-order valence-corrected chi connectivity index (χ3v) is 4.06. The summed E-state index contributed by atoms with van der Waals surface area (Å²) in [7, 11) is 0. The molecule has 2 rings (SSSR count). The van der Waals surface area contributed by atoms with Gasteiger partial charge in [-0.15, -0.1) is 0 Å². The van der Waals surface area contributed by atoms with E-state index in [1.54, 1.807) is 73.7 Å². The first-order valence-corrected chi connectivity index (χ1v) is 7.79. The first-order valence-electron chi connectivity index (χ1n) is 7.79. The third-order valence-electron chi connectivity index (χ3n) is 4.06. The number of rotatable bonds is 6. The summed E-state index contributed by atoms with van der Waals surface area (Å²) < 4.78 is 41.8. The maximum Gasteiger partial charge on any atom is 0.409 e. The average Bonchev–Trinajstić information content (AvgIpc) is 2.58. The molecule has 5 heteroatoms. The van der Waals surface area contributed by atoms with Crippen LogP contribution in [0.3, 0.4) is 0 Å². The largest absolute Gasteiger partial charge is 0.409 e. The molecule has 2 aromatic carbocycles. The quantitative estimate of drug-likeness (QED) is 0.735. The fraction of sp³-hybridized carbons (Fsp3) is 0.316. The molecule has 1 N–H and O–H groups in total. The number of nitrogens with one attached hydrogen (secondary N) is 1. The third kappa shape index (κ3) is 3.53. The van der Waals surface area contributed by atoms with Crippen LogP contribution in [0.15, 0.2) is 60.7 Å². The molecule has 0 fully saturated rings. The smallest absolute Gasteiger partial charge is 0.376 e. The van der Waals surface area contributed by atoms with E-state index < -0.39 is 17.6 Å². The highest BCUT2D eigenvalue weighted by Gasteiger charge is 2.60. The molecule has 0 bridgehead atoms. The number of alkyl halides is 3. The zero-order valence-corrected chi connectivity index (χ0v) is 13.3. The van der Waals surface area contributed by atoms with E-state index in [1.165, 1.54) is 0 Å². The molecule has 0 saturated carbocycles. The van der Waals surface area contributed by atoms with Gasteiger partial charge in [-0.1, -0.05) is 61.9 Å². The van der Waals surface area contributed by atoms with Crippen LogP contribution in [0.1, 0.15) is 31.4 Å². The van der Waals surface area contributed by atoms with Gasteiger partial charge in [-0.25, -0.2) is 0 Å². The Morgan fingerprint density at radius 3 is 2.00 bits per heavy atom. The molecule has 0 aromatic heterocycles. The van der Waals surface area contributed by atoms with Crippen molar-refractivity contribution in [1.82, 2.24) is 0 Å². The van der Waals surface area contributed by atoms with Crippen molar-refractivity contribution in [3.63, 3.8) is 0 Å². The summed E-state index contributed by atoms with van der Waals surface area (Å²) in [6.07, 6.45) is -4.67. The molecule has 0 heterocycles. The molecule has 2 atom stereocenters. The van der Waals surface area contributed by atoms with E-state index in [2.05, 4.69) is 5.32 Å². The molecule has 0 radical (unpaired) electrons. The molecule has 126 valence electrons. The van der Waals surface area contributed by atoms with Gasteiger partial charge in [0.2, 0.25) is 0 Å². The van der Waals surface area contributed by atoms with E-state index in [1.807, 2.05) is 0 Å². The number of benzene rings is 2. The second-order valence-corrected chi connectivity index (χ2v) is 5.68. The minimum Gasteiger partial charge on any atom is -0.376 e. The minimum absolute atomic E-state index is 0.257. The Kier molecular flexibility index (Phi) is 5.50. The Morgan fingerprint density at radius 2 is 1.54 bits per heavy atom. The lowest BCUT2D eigenvalue weighted by molar-refractivity contribution is -0.211. The van der Waals surface area contributed by atoms with Crippen LogP contribution in [-0.4, -0.2) is 6.18 Å². The average molecular weight is 332 g/mol. The molecule has 0 aliphatic rings. The van der Waals surface area contributed by atoms with Gasteiger partial charge in [-0.2, -0.15) is 18.4 Å². The normalized spacial score (nSPS) is 15.1. The molecule has 2 nitrogen and oxygen atoms in total. The van der Waals surface area contributed by atoms with Gasteiger partial charge in [0, 0.05) is 5.69 Å². The molecule has 0 aliphatic carbocycles. The highest BCUT2D eigenvalue weighted by molar-refractivity contribution is 5.47. The van der Waals surface area contributed by atoms with Gasteiger partial charge in [0.25, 0.3) is 0 Å².